The number of esters is 1. The Morgan fingerprint density at radius 3 is 2.39 bits per heavy atom. The molecule has 0 saturated heterocycles. The van der Waals surface area contributed by atoms with Crippen molar-refractivity contribution in [3.8, 4) is 5.75 Å². The van der Waals surface area contributed by atoms with Crippen molar-refractivity contribution in [1.29, 1.82) is 0 Å². The average Bonchev–Trinajstić information content (AvgIpc) is 3.36. The molecule has 1 unspecified atom stereocenters. The van der Waals surface area contributed by atoms with Crippen LogP contribution in [0.5, 0.6) is 5.75 Å². The number of hydrogen-bond donors (Lipinski definition) is 1. The van der Waals surface area contributed by atoms with Gasteiger partial charge in [0.2, 0.25) is 11.1 Å². The zero-order chi connectivity index (χ0) is 26.3. The van der Waals surface area contributed by atoms with Gasteiger partial charge in [0.05, 0.1) is 5.57 Å². The fraction of sp³-hybridized carbons (Fsp3) is 0.167. The van der Waals surface area contributed by atoms with E-state index in [4.69, 9.17) is 19.6 Å². The molecular formula is C30H28N4O3S. The highest BCUT2D eigenvalue weighted by Crippen LogP contribution is 2.37. The van der Waals surface area contributed by atoms with Crippen molar-refractivity contribution in [2.45, 2.75) is 30.5 Å². The number of benzene rings is 3. The number of aromatic nitrogens is 3. The number of carbonyl (C=O) groups excluding carboxylic acids is 1. The van der Waals surface area contributed by atoms with Gasteiger partial charge in [0.25, 0.3) is 0 Å². The second-order valence-corrected chi connectivity index (χ2v) is 9.68. The summed E-state index contributed by atoms with van der Waals surface area (Å²) in [7, 11) is 0. The third kappa shape index (κ3) is 5.81. The zero-order valence-electron chi connectivity index (χ0n) is 21.0. The molecule has 0 saturated carbocycles. The van der Waals surface area contributed by atoms with Crippen molar-refractivity contribution in [1.82, 2.24) is 14.8 Å². The van der Waals surface area contributed by atoms with E-state index in [9.17, 15) is 4.79 Å². The molecule has 1 aliphatic heterocycles. The Morgan fingerprint density at radius 2 is 1.71 bits per heavy atom. The Balaban J connectivity index is 1.42. The number of allylic oxidation sites excluding steroid dienone is 1. The number of thioether (sulfide) groups is 1. The molecule has 7 nitrogen and oxygen atoms in total. The van der Waals surface area contributed by atoms with Crippen molar-refractivity contribution >= 4 is 23.7 Å². The normalized spacial score (nSPS) is 14.4. The molecule has 1 N–H and O–H groups in total. The van der Waals surface area contributed by atoms with E-state index in [1.807, 2.05) is 79.7 Å². The van der Waals surface area contributed by atoms with Crippen molar-refractivity contribution in [3.63, 3.8) is 0 Å². The molecule has 0 amide bonds. The molecule has 0 aliphatic carbocycles. The fourth-order valence-corrected chi connectivity index (χ4v) is 4.97. The van der Waals surface area contributed by atoms with Crippen LogP contribution >= 0.6 is 11.8 Å². The van der Waals surface area contributed by atoms with Gasteiger partial charge < -0.3 is 14.8 Å². The molecule has 38 heavy (non-hydrogen) atoms. The number of ether oxygens (including phenoxy) is 2. The number of rotatable bonds is 10. The highest BCUT2D eigenvalue weighted by Gasteiger charge is 2.35. The number of carbonyl (C=O) groups is 1. The molecule has 1 aliphatic rings. The van der Waals surface area contributed by atoms with Crippen LogP contribution in [0.15, 0.2) is 114 Å². The van der Waals surface area contributed by atoms with Gasteiger partial charge in [-0.3, -0.25) is 0 Å². The first-order chi connectivity index (χ1) is 18.6. The lowest BCUT2D eigenvalue weighted by atomic mass is 9.96. The number of nitrogens with zero attached hydrogens (tertiary/aromatic N) is 3. The molecule has 0 fully saturated rings. The van der Waals surface area contributed by atoms with Crippen LogP contribution in [0.4, 0.5) is 5.95 Å². The molecule has 0 bridgehead atoms. The van der Waals surface area contributed by atoms with Gasteiger partial charge in [0, 0.05) is 11.4 Å². The number of anilines is 1. The molecular weight excluding hydrogens is 496 g/mol. The van der Waals surface area contributed by atoms with E-state index in [1.54, 1.807) is 22.5 Å². The van der Waals surface area contributed by atoms with E-state index >= 15 is 0 Å². The summed E-state index contributed by atoms with van der Waals surface area (Å²) in [6, 6.07) is 27.4. The number of nitrogens with one attached hydrogen (secondary N) is 1. The smallest absolute Gasteiger partial charge is 0.338 e. The minimum atomic E-state index is -0.509. The molecule has 3 aromatic carbocycles. The summed E-state index contributed by atoms with van der Waals surface area (Å²) >= 11 is 1.54. The zero-order valence-corrected chi connectivity index (χ0v) is 21.9. The van der Waals surface area contributed by atoms with Crippen LogP contribution < -0.4 is 10.1 Å². The highest BCUT2D eigenvalue weighted by atomic mass is 32.2. The summed E-state index contributed by atoms with van der Waals surface area (Å²) in [6.45, 7) is 6.10. The quantitative estimate of drug-likeness (QED) is 0.151. The Morgan fingerprint density at radius 1 is 1.03 bits per heavy atom. The summed E-state index contributed by atoms with van der Waals surface area (Å²) < 4.78 is 13.2. The lowest BCUT2D eigenvalue weighted by Gasteiger charge is -2.28. The minimum Gasteiger partial charge on any atom is -0.489 e. The molecule has 1 atom stereocenters. The molecule has 2 heterocycles. The Kier molecular flexibility index (Phi) is 7.89. The summed E-state index contributed by atoms with van der Waals surface area (Å²) in [6.07, 6.45) is 1.55. The maximum absolute atomic E-state index is 13.1. The third-order valence-electron chi connectivity index (χ3n) is 6.04. The predicted octanol–water partition coefficient (Wildman–Crippen LogP) is 6.17. The second kappa shape index (κ2) is 11.8. The minimum absolute atomic E-state index is 0.122. The van der Waals surface area contributed by atoms with Crippen LogP contribution in [0.1, 0.15) is 29.7 Å². The van der Waals surface area contributed by atoms with Gasteiger partial charge in [0.15, 0.2) is 0 Å². The summed E-state index contributed by atoms with van der Waals surface area (Å²) in [5.74, 6) is 1.63. The van der Waals surface area contributed by atoms with Crippen LogP contribution in [0, 0.1) is 0 Å². The SMILES string of the molecule is C=CCOC(=O)C1=C(C)Nc2nc(SCc3ccccc3)nn2C1c1ccc(OCc2ccccc2)cc1. The number of fused-ring (bicyclic) bond motifs is 1. The maximum Gasteiger partial charge on any atom is 0.338 e. The molecule has 192 valence electrons. The molecule has 0 spiro atoms. The van der Waals surface area contributed by atoms with E-state index in [-0.39, 0.29) is 6.61 Å². The summed E-state index contributed by atoms with van der Waals surface area (Å²) in [5, 5.41) is 8.64. The van der Waals surface area contributed by atoms with Crippen molar-refractivity contribution in [2.24, 2.45) is 0 Å². The van der Waals surface area contributed by atoms with Crippen LogP contribution in [0.3, 0.4) is 0 Å². The number of hydrogen-bond acceptors (Lipinski definition) is 7. The largest absolute Gasteiger partial charge is 0.489 e. The molecule has 4 aromatic rings. The second-order valence-electron chi connectivity index (χ2n) is 8.73. The van der Waals surface area contributed by atoms with Crippen LogP contribution in [-0.2, 0) is 21.9 Å². The molecule has 5 rings (SSSR count). The lowest BCUT2D eigenvalue weighted by molar-refractivity contribution is -0.138. The van der Waals surface area contributed by atoms with Gasteiger partial charge in [-0.05, 0) is 35.7 Å². The Labute approximate surface area is 226 Å². The van der Waals surface area contributed by atoms with E-state index < -0.39 is 12.0 Å². The Bertz CT molecular complexity index is 1430. The van der Waals surface area contributed by atoms with Gasteiger partial charge in [0.1, 0.15) is 25.0 Å². The Hall–Kier alpha value is -4.30. The molecule has 0 radical (unpaired) electrons. The van der Waals surface area contributed by atoms with Crippen LogP contribution in [0.2, 0.25) is 0 Å². The first kappa shape index (κ1) is 25.4. The highest BCUT2D eigenvalue weighted by molar-refractivity contribution is 7.98. The maximum atomic E-state index is 13.1. The van der Waals surface area contributed by atoms with E-state index in [2.05, 4.69) is 24.0 Å². The lowest BCUT2D eigenvalue weighted by Crippen LogP contribution is -2.29. The van der Waals surface area contributed by atoms with Crippen LogP contribution in [0.25, 0.3) is 0 Å². The first-order valence-corrected chi connectivity index (χ1v) is 13.3. The van der Waals surface area contributed by atoms with E-state index in [0.29, 0.717) is 29.0 Å². The topological polar surface area (TPSA) is 78.3 Å². The van der Waals surface area contributed by atoms with Crippen molar-refractivity contribution < 1.29 is 14.3 Å². The molecule has 1 aromatic heterocycles. The predicted molar refractivity (Wildman–Crippen MR) is 149 cm³/mol. The van der Waals surface area contributed by atoms with Gasteiger partial charge in [-0.15, -0.1) is 5.10 Å². The van der Waals surface area contributed by atoms with Gasteiger partial charge in [-0.1, -0.05) is 97.2 Å². The summed E-state index contributed by atoms with van der Waals surface area (Å²) in [5.41, 5.74) is 4.29. The standard InChI is InChI=1S/C30H28N4O3S/c1-3-18-36-28(35)26-21(2)31-29-32-30(38-20-23-12-8-5-9-13-23)33-34(29)27(26)24-14-16-25(17-15-24)37-19-22-10-6-4-7-11-22/h3-17,27H,1,18-20H2,2H3,(H,31,32,33). The summed E-state index contributed by atoms with van der Waals surface area (Å²) in [4.78, 5) is 17.9. The van der Waals surface area contributed by atoms with Crippen molar-refractivity contribution in [3.05, 3.63) is 126 Å². The van der Waals surface area contributed by atoms with Gasteiger partial charge >= 0.3 is 5.97 Å². The first-order valence-electron chi connectivity index (χ1n) is 12.3. The van der Waals surface area contributed by atoms with Gasteiger partial charge in [-0.25, -0.2) is 9.48 Å². The molecule has 8 heteroatoms. The monoisotopic (exact) mass is 524 g/mol. The average molecular weight is 525 g/mol. The van der Waals surface area contributed by atoms with Crippen molar-refractivity contribution in [2.75, 3.05) is 11.9 Å². The van der Waals surface area contributed by atoms with E-state index in [1.165, 1.54) is 5.56 Å². The van der Waals surface area contributed by atoms with E-state index in [0.717, 1.165) is 22.6 Å². The van der Waals surface area contributed by atoms with Gasteiger partial charge in [-0.2, -0.15) is 4.98 Å². The van der Waals surface area contributed by atoms with Crippen LogP contribution in [-0.4, -0.2) is 27.3 Å². The third-order valence-corrected chi connectivity index (χ3v) is 6.95. The fourth-order valence-electron chi connectivity index (χ4n) is 4.19.